The molecule has 0 unspecified atom stereocenters. The first-order valence-electron chi connectivity index (χ1n) is 10.7. The molecule has 1 aromatic carbocycles. The normalized spacial score (nSPS) is 17.4. The molecule has 1 aliphatic rings. The summed E-state index contributed by atoms with van der Waals surface area (Å²) in [5.41, 5.74) is 2.01. The Morgan fingerprint density at radius 3 is 2.91 bits per heavy atom. The molecule has 1 amide bonds. The molecule has 0 bridgehead atoms. The van der Waals surface area contributed by atoms with Crippen molar-refractivity contribution >= 4 is 44.6 Å². The second-order valence-electron chi connectivity index (χ2n) is 8.23. The van der Waals surface area contributed by atoms with Crippen molar-refractivity contribution < 1.29 is 4.79 Å². The summed E-state index contributed by atoms with van der Waals surface area (Å²) in [7, 11) is 0. The number of rotatable bonds is 5. The van der Waals surface area contributed by atoms with E-state index in [1.807, 2.05) is 36.4 Å². The van der Waals surface area contributed by atoms with Gasteiger partial charge in [-0.25, -0.2) is 4.98 Å². The van der Waals surface area contributed by atoms with E-state index in [0.29, 0.717) is 17.3 Å². The lowest BCUT2D eigenvalue weighted by atomic mass is 9.89. The lowest BCUT2D eigenvalue weighted by Gasteiger charge is -2.30. The van der Waals surface area contributed by atoms with Gasteiger partial charge in [-0.3, -0.25) is 19.1 Å². The molecule has 0 fully saturated rings. The van der Waals surface area contributed by atoms with Gasteiger partial charge in [-0.1, -0.05) is 30.7 Å². The van der Waals surface area contributed by atoms with E-state index in [-0.39, 0.29) is 30.0 Å². The van der Waals surface area contributed by atoms with E-state index in [9.17, 15) is 9.59 Å². The highest BCUT2D eigenvalue weighted by molar-refractivity contribution is 7.19. The zero-order chi connectivity index (χ0) is 22.9. The molecule has 0 aliphatic carbocycles. The Bertz CT molecular complexity index is 1350. The van der Waals surface area contributed by atoms with E-state index in [4.69, 9.17) is 11.6 Å². The molecule has 9 heteroatoms. The highest BCUT2D eigenvalue weighted by Crippen LogP contribution is 2.37. The summed E-state index contributed by atoms with van der Waals surface area (Å²) in [6, 6.07) is 11.6. The molecule has 2 atom stereocenters. The maximum absolute atomic E-state index is 13.2. The highest BCUT2D eigenvalue weighted by atomic mass is 35.5. The van der Waals surface area contributed by atoms with Crippen molar-refractivity contribution in [1.29, 1.82) is 0 Å². The average molecular weight is 480 g/mol. The smallest absolute Gasteiger partial charge is 0.277 e. The minimum absolute atomic E-state index is 0.0219. The van der Waals surface area contributed by atoms with E-state index in [0.717, 1.165) is 32.6 Å². The molecule has 4 aromatic rings. The fraction of sp³-hybridized carbons (Fsp3) is 0.250. The predicted molar refractivity (Wildman–Crippen MR) is 131 cm³/mol. The van der Waals surface area contributed by atoms with Crippen molar-refractivity contribution in [2.75, 3.05) is 5.32 Å². The van der Waals surface area contributed by atoms with Gasteiger partial charge in [0.1, 0.15) is 12.2 Å². The number of thiophene rings is 1. The van der Waals surface area contributed by atoms with Gasteiger partial charge in [-0.2, -0.15) is 0 Å². The van der Waals surface area contributed by atoms with E-state index in [1.54, 1.807) is 23.7 Å². The maximum Gasteiger partial charge on any atom is 0.277 e. The fourth-order valence-corrected chi connectivity index (χ4v) is 5.26. The minimum Gasteiger partial charge on any atom is -0.372 e. The van der Waals surface area contributed by atoms with Crippen molar-refractivity contribution in [1.82, 2.24) is 19.9 Å². The first-order chi connectivity index (χ1) is 16.0. The number of fused-ring (bicyclic) bond motifs is 2. The molecule has 5 rings (SSSR count). The quantitative estimate of drug-likeness (QED) is 0.440. The summed E-state index contributed by atoms with van der Waals surface area (Å²) in [4.78, 5) is 35.4. The number of anilines is 1. The largest absolute Gasteiger partial charge is 0.372 e. The van der Waals surface area contributed by atoms with E-state index in [1.165, 1.54) is 10.9 Å². The van der Waals surface area contributed by atoms with Gasteiger partial charge in [0.05, 0.1) is 24.6 Å². The number of benzene rings is 1. The van der Waals surface area contributed by atoms with E-state index >= 15 is 0 Å². The fourth-order valence-electron chi connectivity index (χ4n) is 4.16. The molecule has 7 nitrogen and oxygen atoms in total. The van der Waals surface area contributed by atoms with Gasteiger partial charge >= 0.3 is 0 Å². The van der Waals surface area contributed by atoms with Gasteiger partial charge in [0.15, 0.2) is 0 Å². The molecular weight excluding hydrogens is 458 g/mol. The molecule has 3 aromatic heterocycles. The van der Waals surface area contributed by atoms with Crippen molar-refractivity contribution in [3.63, 3.8) is 0 Å². The highest BCUT2D eigenvalue weighted by Gasteiger charge is 2.28. The van der Waals surface area contributed by atoms with Crippen molar-refractivity contribution in [2.45, 2.75) is 38.4 Å². The third-order valence-electron chi connectivity index (χ3n) is 5.86. The number of hydrogen-bond acceptors (Lipinski definition) is 6. The van der Waals surface area contributed by atoms with Gasteiger partial charge < -0.3 is 10.6 Å². The number of carbonyl (C=O) groups excluding carboxylic acids is 1. The molecule has 4 heterocycles. The van der Waals surface area contributed by atoms with Crippen LogP contribution in [-0.4, -0.2) is 20.4 Å². The molecule has 2 N–H and O–H groups in total. The Kier molecular flexibility index (Phi) is 5.86. The van der Waals surface area contributed by atoms with Crippen LogP contribution in [0.25, 0.3) is 10.1 Å². The number of nitrogens with zero attached hydrogens (tertiary/aromatic N) is 3. The lowest BCUT2D eigenvalue weighted by molar-refractivity contribution is -0.121. The van der Waals surface area contributed by atoms with Crippen LogP contribution < -0.4 is 16.2 Å². The molecule has 33 heavy (non-hydrogen) atoms. The number of hydrogen-bond donors (Lipinski definition) is 2. The Morgan fingerprint density at radius 1 is 1.30 bits per heavy atom. The van der Waals surface area contributed by atoms with Crippen molar-refractivity contribution in [3.8, 4) is 0 Å². The van der Waals surface area contributed by atoms with Crippen LogP contribution in [0.5, 0.6) is 0 Å². The molecular formula is C24H22ClN5O2S. The second-order valence-corrected chi connectivity index (χ2v) is 9.83. The SMILES string of the molecule is C[C@@H]1C[C@@H](c2ccc(Cl)cc2)Nc2c1ncn(CC(=O)NCc1cc3cnccc3s1)c2=O. The first kappa shape index (κ1) is 21.6. The topological polar surface area (TPSA) is 88.9 Å². The average Bonchev–Trinajstić information content (AvgIpc) is 3.23. The van der Waals surface area contributed by atoms with Gasteiger partial charge in [0, 0.05) is 38.3 Å². The molecule has 1 aliphatic heterocycles. The van der Waals surface area contributed by atoms with E-state index in [2.05, 4.69) is 27.5 Å². The Morgan fingerprint density at radius 2 is 2.12 bits per heavy atom. The monoisotopic (exact) mass is 479 g/mol. The lowest BCUT2D eigenvalue weighted by Crippen LogP contribution is -2.36. The number of pyridine rings is 1. The zero-order valence-electron chi connectivity index (χ0n) is 17.9. The Labute approximate surface area is 199 Å². The van der Waals surface area contributed by atoms with Crippen LogP contribution >= 0.6 is 22.9 Å². The number of amides is 1. The van der Waals surface area contributed by atoms with Crippen LogP contribution in [0.15, 0.2) is 59.9 Å². The number of nitrogens with one attached hydrogen (secondary N) is 2. The molecule has 0 spiro atoms. The number of aromatic nitrogens is 3. The van der Waals surface area contributed by atoms with Gasteiger partial charge in [0.2, 0.25) is 5.91 Å². The van der Waals surface area contributed by atoms with Gasteiger partial charge in [-0.15, -0.1) is 11.3 Å². The molecule has 0 saturated carbocycles. The van der Waals surface area contributed by atoms with Crippen LogP contribution in [0, 0.1) is 0 Å². The third kappa shape index (κ3) is 4.49. The predicted octanol–water partition coefficient (Wildman–Crippen LogP) is 4.48. The van der Waals surface area contributed by atoms with Crippen LogP contribution in [0.1, 0.15) is 41.4 Å². The van der Waals surface area contributed by atoms with Crippen LogP contribution in [-0.2, 0) is 17.9 Å². The maximum atomic E-state index is 13.2. The third-order valence-corrected chi connectivity index (χ3v) is 7.22. The summed E-state index contributed by atoms with van der Waals surface area (Å²) >= 11 is 7.63. The second kappa shape index (κ2) is 8.96. The van der Waals surface area contributed by atoms with Crippen LogP contribution in [0.2, 0.25) is 5.02 Å². The summed E-state index contributed by atoms with van der Waals surface area (Å²) in [5, 5.41) is 7.96. The molecule has 0 saturated heterocycles. The summed E-state index contributed by atoms with van der Waals surface area (Å²) in [6.07, 6.45) is 5.84. The number of halogens is 1. The van der Waals surface area contributed by atoms with Gasteiger partial charge in [-0.05, 0) is 36.2 Å². The summed E-state index contributed by atoms with van der Waals surface area (Å²) in [5.74, 6) is -0.131. The van der Waals surface area contributed by atoms with Crippen molar-refractivity contribution in [2.24, 2.45) is 0 Å². The molecule has 168 valence electrons. The van der Waals surface area contributed by atoms with Gasteiger partial charge in [0.25, 0.3) is 5.56 Å². The van der Waals surface area contributed by atoms with Crippen LogP contribution in [0.3, 0.4) is 0 Å². The summed E-state index contributed by atoms with van der Waals surface area (Å²) in [6.45, 7) is 2.37. The van der Waals surface area contributed by atoms with Crippen molar-refractivity contribution in [3.05, 3.63) is 86.6 Å². The standard InChI is InChI=1S/C24H22ClN5O2S/c1-14-8-19(15-2-4-17(25)5-3-15)29-23-22(14)28-13-30(24(23)32)12-21(31)27-11-18-9-16-10-26-7-6-20(16)33-18/h2-7,9-10,13-14,19,29H,8,11-12H2,1H3,(H,27,31)/t14-,19+/m1/s1. The zero-order valence-corrected chi connectivity index (χ0v) is 19.5. The first-order valence-corrected chi connectivity index (χ1v) is 11.9. The van der Waals surface area contributed by atoms with E-state index < -0.39 is 0 Å². The Hall–Kier alpha value is -3.23. The minimum atomic E-state index is -0.243. The van der Waals surface area contributed by atoms with Crippen LogP contribution in [0.4, 0.5) is 5.69 Å². The Balaban J connectivity index is 1.30. The molecule has 0 radical (unpaired) electrons. The summed E-state index contributed by atoms with van der Waals surface area (Å²) < 4.78 is 2.48. The number of carbonyl (C=O) groups is 1.